The number of hydrogen-bond acceptors (Lipinski definition) is 3. The molecule has 1 fully saturated rings. The molecule has 4 nitrogen and oxygen atoms in total. The highest BCUT2D eigenvalue weighted by molar-refractivity contribution is 9.10. The van der Waals surface area contributed by atoms with Gasteiger partial charge in [0.05, 0.1) is 11.8 Å². The maximum atomic E-state index is 12.2. The summed E-state index contributed by atoms with van der Waals surface area (Å²) >= 11 is 3.24. The van der Waals surface area contributed by atoms with E-state index in [1.165, 1.54) is 6.26 Å². The first-order chi connectivity index (χ1) is 8.22. The average molecular weight is 301 g/mol. The molecule has 1 saturated heterocycles. The molecule has 0 bridgehead atoms. The van der Waals surface area contributed by atoms with Gasteiger partial charge in [0, 0.05) is 13.1 Å². The third-order valence-electron chi connectivity index (χ3n) is 3.33. The van der Waals surface area contributed by atoms with E-state index in [2.05, 4.69) is 15.9 Å². The summed E-state index contributed by atoms with van der Waals surface area (Å²) in [5.41, 5.74) is 6.16. The highest BCUT2D eigenvalue weighted by Crippen LogP contribution is 2.24. The van der Waals surface area contributed by atoms with E-state index in [0.29, 0.717) is 16.2 Å². The van der Waals surface area contributed by atoms with E-state index in [1.807, 2.05) is 4.90 Å². The van der Waals surface area contributed by atoms with E-state index in [-0.39, 0.29) is 5.91 Å². The Kier molecular flexibility index (Phi) is 4.23. The number of nitrogens with two attached hydrogens (primary N) is 1. The van der Waals surface area contributed by atoms with E-state index < -0.39 is 0 Å². The van der Waals surface area contributed by atoms with Crippen molar-refractivity contribution in [3.05, 3.63) is 22.6 Å². The first-order valence-electron chi connectivity index (χ1n) is 5.94. The number of amides is 1. The summed E-state index contributed by atoms with van der Waals surface area (Å²) in [6, 6.07) is 1.71. The third kappa shape index (κ3) is 2.90. The lowest BCUT2D eigenvalue weighted by molar-refractivity contribution is 0.0686. The van der Waals surface area contributed by atoms with Crippen LogP contribution < -0.4 is 5.73 Å². The largest absolute Gasteiger partial charge is 0.457 e. The van der Waals surface area contributed by atoms with Crippen LogP contribution in [0.15, 0.2) is 21.4 Å². The van der Waals surface area contributed by atoms with Gasteiger partial charge in [-0.1, -0.05) is 0 Å². The van der Waals surface area contributed by atoms with Crippen LogP contribution >= 0.6 is 15.9 Å². The van der Waals surface area contributed by atoms with Crippen LogP contribution in [-0.4, -0.2) is 30.4 Å². The second-order valence-corrected chi connectivity index (χ2v) is 5.14. The normalized spacial score (nSPS) is 17.4. The van der Waals surface area contributed by atoms with Gasteiger partial charge >= 0.3 is 0 Å². The van der Waals surface area contributed by atoms with Gasteiger partial charge in [-0.05, 0) is 53.7 Å². The van der Waals surface area contributed by atoms with Gasteiger partial charge in [-0.2, -0.15) is 0 Å². The number of rotatable bonds is 3. The van der Waals surface area contributed by atoms with Crippen LogP contribution in [0.5, 0.6) is 0 Å². The number of piperidine rings is 1. The molecule has 1 aromatic rings. The van der Waals surface area contributed by atoms with Crippen LogP contribution in [0.2, 0.25) is 0 Å². The molecule has 1 aromatic heterocycles. The number of nitrogens with zero attached hydrogens (tertiary/aromatic N) is 1. The van der Waals surface area contributed by atoms with Crippen molar-refractivity contribution in [3.63, 3.8) is 0 Å². The maximum absolute atomic E-state index is 12.2. The molecule has 0 spiro atoms. The van der Waals surface area contributed by atoms with Gasteiger partial charge in [-0.15, -0.1) is 0 Å². The maximum Gasteiger partial charge on any atom is 0.258 e. The fourth-order valence-corrected chi connectivity index (χ4v) is 2.69. The van der Waals surface area contributed by atoms with Gasteiger partial charge in [-0.3, -0.25) is 4.79 Å². The summed E-state index contributed by atoms with van der Waals surface area (Å²) in [4.78, 5) is 14.0. The van der Waals surface area contributed by atoms with Crippen molar-refractivity contribution in [2.24, 2.45) is 11.7 Å². The lowest BCUT2D eigenvalue weighted by atomic mass is 9.93. The molecule has 0 unspecified atom stereocenters. The SMILES string of the molecule is NCCC1CCN(C(=O)c2ccoc2Br)CC1. The van der Waals surface area contributed by atoms with Crippen LogP contribution in [0.4, 0.5) is 0 Å². The molecule has 2 heterocycles. The Morgan fingerprint density at radius 1 is 1.53 bits per heavy atom. The molecule has 0 atom stereocenters. The molecule has 2 N–H and O–H groups in total. The predicted molar refractivity (Wildman–Crippen MR) is 68.7 cm³/mol. The van der Waals surface area contributed by atoms with Crippen molar-refractivity contribution in [3.8, 4) is 0 Å². The van der Waals surface area contributed by atoms with Crippen molar-refractivity contribution >= 4 is 21.8 Å². The Morgan fingerprint density at radius 2 is 2.24 bits per heavy atom. The number of carbonyl (C=O) groups excluding carboxylic acids is 1. The van der Waals surface area contributed by atoms with E-state index in [1.54, 1.807) is 6.07 Å². The minimum absolute atomic E-state index is 0.0526. The minimum Gasteiger partial charge on any atom is -0.457 e. The molecule has 1 aliphatic rings. The Bertz CT molecular complexity index is 384. The highest BCUT2D eigenvalue weighted by atomic mass is 79.9. The Labute approximate surface area is 109 Å². The smallest absolute Gasteiger partial charge is 0.258 e. The van der Waals surface area contributed by atoms with Crippen molar-refractivity contribution < 1.29 is 9.21 Å². The van der Waals surface area contributed by atoms with Gasteiger partial charge < -0.3 is 15.1 Å². The average Bonchev–Trinajstić information content (AvgIpc) is 2.76. The second-order valence-electron chi connectivity index (χ2n) is 4.42. The molecular formula is C12H17BrN2O2. The molecule has 1 aliphatic heterocycles. The van der Waals surface area contributed by atoms with E-state index >= 15 is 0 Å². The quantitative estimate of drug-likeness (QED) is 0.931. The fourth-order valence-electron chi connectivity index (χ4n) is 2.28. The Hall–Kier alpha value is -0.810. The molecular weight excluding hydrogens is 284 g/mol. The monoisotopic (exact) mass is 300 g/mol. The lowest BCUT2D eigenvalue weighted by Crippen LogP contribution is -2.38. The van der Waals surface area contributed by atoms with Gasteiger partial charge in [0.1, 0.15) is 0 Å². The first kappa shape index (κ1) is 12.6. The zero-order valence-corrected chi connectivity index (χ0v) is 11.3. The number of hydrogen-bond donors (Lipinski definition) is 1. The molecule has 94 valence electrons. The Balaban J connectivity index is 1.93. The van der Waals surface area contributed by atoms with Crippen molar-refractivity contribution in [2.45, 2.75) is 19.3 Å². The summed E-state index contributed by atoms with van der Waals surface area (Å²) in [5.74, 6) is 0.730. The van der Waals surface area contributed by atoms with Crippen molar-refractivity contribution in [1.82, 2.24) is 4.90 Å². The van der Waals surface area contributed by atoms with Gasteiger partial charge in [0.25, 0.3) is 5.91 Å². The topological polar surface area (TPSA) is 59.5 Å². The van der Waals surface area contributed by atoms with Crippen LogP contribution in [0.25, 0.3) is 0 Å². The van der Waals surface area contributed by atoms with Crippen LogP contribution in [0.3, 0.4) is 0 Å². The predicted octanol–water partition coefficient (Wildman–Crippen LogP) is 2.24. The summed E-state index contributed by atoms with van der Waals surface area (Å²) in [5, 5.41) is 0. The molecule has 5 heteroatoms. The second kappa shape index (κ2) is 5.69. The third-order valence-corrected chi connectivity index (χ3v) is 3.94. The number of halogens is 1. The molecule has 2 rings (SSSR count). The van der Waals surface area contributed by atoms with Crippen LogP contribution in [0.1, 0.15) is 29.6 Å². The number of carbonyl (C=O) groups is 1. The Morgan fingerprint density at radius 3 is 2.76 bits per heavy atom. The summed E-state index contributed by atoms with van der Waals surface area (Å²) in [6.07, 6.45) is 4.70. The highest BCUT2D eigenvalue weighted by Gasteiger charge is 2.25. The van der Waals surface area contributed by atoms with E-state index in [4.69, 9.17) is 10.2 Å². The van der Waals surface area contributed by atoms with Gasteiger partial charge in [0.2, 0.25) is 0 Å². The molecule has 0 radical (unpaired) electrons. The summed E-state index contributed by atoms with van der Waals surface area (Å²) in [7, 11) is 0. The number of likely N-dealkylation sites (tertiary alicyclic amines) is 1. The molecule has 0 aliphatic carbocycles. The van der Waals surface area contributed by atoms with E-state index in [0.717, 1.165) is 38.9 Å². The van der Waals surface area contributed by atoms with Crippen molar-refractivity contribution in [1.29, 1.82) is 0 Å². The molecule has 17 heavy (non-hydrogen) atoms. The van der Waals surface area contributed by atoms with Gasteiger partial charge in [0.15, 0.2) is 4.67 Å². The lowest BCUT2D eigenvalue weighted by Gasteiger charge is -2.31. The van der Waals surface area contributed by atoms with Gasteiger partial charge in [-0.25, -0.2) is 0 Å². The zero-order chi connectivity index (χ0) is 12.3. The zero-order valence-electron chi connectivity index (χ0n) is 9.69. The van der Waals surface area contributed by atoms with Crippen LogP contribution in [-0.2, 0) is 0 Å². The molecule has 1 amide bonds. The summed E-state index contributed by atoms with van der Waals surface area (Å²) < 4.78 is 5.61. The standard InChI is InChI=1S/C12H17BrN2O2/c13-11-10(4-8-17-11)12(16)15-6-2-9(1-5-14)3-7-15/h4,8-9H,1-3,5-7,14H2. The number of furan rings is 1. The fraction of sp³-hybridized carbons (Fsp3) is 0.583. The molecule has 0 aromatic carbocycles. The molecule has 0 saturated carbocycles. The van der Waals surface area contributed by atoms with Crippen LogP contribution in [0, 0.1) is 5.92 Å². The van der Waals surface area contributed by atoms with Crippen molar-refractivity contribution in [2.75, 3.05) is 19.6 Å². The minimum atomic E-state index is 0.0526. The first-order valence-corrected chi connectivity index (χ1v) is 6.74. The van der Waals surface area contributed by atoms with E-state index in [9.17, 15) is 4.79 Å². The summed E-state index contributed by atoms with van der Waals surface area (Å²) in [6.45, 7) is 2.38.